The lowest BCUT2D eigenvalue weighted by Gasteiger charge is -2.18. The van der Waals surface area contributed by atoms with Crippen LogP contribution in [0.3, 0.4) is 0 Å². The summed E-state index contributed by atoms with van der Waals surface area (Å²) in [5, 5.41) is 5.75. The Morgan fingerprint density at radius 3 is 2.77 bits per heavy atom. The van der Waals surface area contributed by atoms with E-state index in [4.69, 9.17) is 4.74 Å². The van der Waals surface area contributed by atoms with Gasteiger partial charge in [0.2, 0.25) is 5.91 Å². The van der Waals surface area contributed by atoms with Crippen molar-refractivity contribution in [2.24, 2.45) is 0 Å². The van der Waals surface area contributed by atoms with Crippen LogP contribution in [-0.2, 0) is 4.79 Å². The third-order valence-corrected chi connectivity index (χ3v) is 4.47. The highest BCUT2D eigenvalue weighted by Crippen LogP contribution is 2.25. The summed E-state index contributed by atoms with van der Waals surface area (Å²) in [5.74, 6) is 0.676. The molecule has 3 amide bonds. The number of amides is 3. The van der Waals surface area contributed by atoms with E-state index >= 15 is 0 Å². The third-order valence-electron chi connectivity index (χ3n) is 4.47. The van der Waals surface area contributed by atoms with Crippen LogP contribution in [0.5, 0.6) is 5.75 Å². The SMILES string of the molecule is COc1cccc(N2C[C@@H](NC(=O)Nc3cc(C)ccc3C)CC2=O)c1. The van der Waals surface area contributed by atoms with E-state index in [1.165, 1.54) is 0 Å². The number of nitrogens with one attached hydrogen (secondary N) is 2. The van der Waals surface area contributed by atoms with E-state index in [9.17, 15) is 9.59 Å². The summed E-state index contributed by atoms with van der Waals surface area (Å²) in [6, 6.07) is 12.7. The molecular formula is C20H23N3O3. The Morgan fingerprint density at radius 2 is 2.00 bits per heavy atom. The summed E-state index contributed by atoms with van der Waals surface area (Å²) in [4.78, 5) is 26.3. The van der Waals surface area contributed by atoms with E-state index in [-0.39, 0.29) is 24.4 Å². The number of carbonyl (C=O) groups excluding carboxylic acids is 2. The minimum Gasteiger partial charge on any atom is -0.497 e. The molecule has 136 valence electrons. The van der Waals surface area contributed by atoms with E-state index in [0.29, 0.717) is 12.3 Å². The first-order valence-electron chi connectivity index (χ1n) is 8.55. The summed E-state index contributed by atoms with van der Waals surface area (Å²) in [5.41, 5.74) is 3.61. The average Bonchev–Trinajstić information content (AvgIpc) is 2.98. The molecule has 0 aromatic heterocycles. The van der Waals surface area contributed by atoms with Gasteiger partial charge in [-0.3, -0.25) is 4.79 Å². The van der Waals surface area contributed by atoms with Crippen LogP contribution in [0.15, 0.2) is 42.5 Å². The number of carbonyl (C=O) groups is 2. The fourth-order valence-corrected chi connectivity index (χ4v) is 3.05. The van der Waals surface area contributed by atoms with Gasteiger partial charge in [-0.05, 0) is 43.2 Å². The number of benzene rings is 2. The lowest BCUT2D eigenvalue weighted by atomic mass is 10.1. The third kappa shape index (κ3) is 3.96. The molecule has 1 aliphatic rings. The van der Waals surface area contributed by atoms with Gasteiger partial charge in [-0.2, -0.15) is 0 Å². The lowest BCUT2D eigenvalue weighted by molar-refractivity contribution is -0.117. The van der Waals surface area contributed by atoms with Gasteiger partial charge in [-0.25, -0.2) is 4.79 Å². The molecule has 6 nitrogen and oxygen atoms in total. The van der Waals surface area contributed by atoms with Crippen molar-refractivity contribution in [3.63, 3.8) is 0 Å². The standard InChI is InChI=1S/C20H23N3O3/c1-13-7-8-14(2)18(9-13)22-20(25)21-15-10-19(24)23(12-15)16-5-4-6-17(11-16)26-3/h4-9,11,15H,10,12H2,1-3H3,(H2,21,22,25)/t15-/m0/s1. The number of rotatable bonds is 4. The maximum Gasteiger partial charge on any atom is 0.319 e. The Balaban J connectivity index is 1.63. The van der Waals surface area contributed by atoms with Crippen LogP contribution in [0.25, 0.3) is 0 Å². The Kier molecular flexibility index (Phi) is 5.11. The normalized spacial score (nSPS) is 16.5. The minimum atomic E-state index is -0.302. The van der Waals surface area contributed by atoms with Crippen molar-refractivity contribution in [2.45, 2.75) is 26.3 Å². The highest BCUT2D eigenvalue weighted by atomic mass is 16.5. The molecular weight excluding hydrogens is 330 g/mol. The van der Waals surface area contributed by atoms with Gasteiger partial charge in [0, 0.05) is 30.4 Å². The predicted octanol–water partition coefficient (Wildman–Crippen LogP) is 3.24. The maximum absolute atomic E-state index is 12.3. The van der Waals surface area contributed by atoms with Crippen molar-refractivity contribution < 1.29 is 14.3 Å². The monoisotopic (exact) mass is 353 g/mol. The van der Waals surface area contributed by atoms with E-state index in [0.717, 1.165) is 22.5 Å². The number of hydrogen-bond acceptors (Lipinski definition) is 3. The number of methoxy groups -OCH3 is 1. The first-order valence-corrected chi connectivity index (χ1v) is 8.55. The van der Waals surface area contributed by atoms with Crippen LogP contribution in [0.1, 0.15) is 17.5 Å². The molecule has 1 fully saturated rings. The quantitative estimate of drug-likeness (QED) is 0.886. The molecule has 2 aromatic carbocycles. The van der Waals surface area contributed by atoms with E-state index < -0.39 is 0 Å². The smallest absolute Gasteiger partial charge is 0.319 e. The summed E-state index contributed by atoms with van der Waals surface area (Å²) < 4.78 is 5.21. The Morgan fingerprint density at radius 1 is 1.19 bits per heavy atom. The molecule has 0 saturated carbocycles. The molecule has 6 heteroatoms. The van der Waals surface area contributed by atoms with Crippen LogP contribution in [0, 0.1) is 13.8 Å². The van der Waals surface area contributed by atoms with Gasteiger partial charge in [-0.1, -0.05) is 18.2 Å². The lowest BCUT2D eigenvalue weighted by Crippen LogP contribution is -2.39. The zero-order chi connectivity index (χ0) is 18.7. The molecule has 1 atom stereocenters. The van der Waals surface area contributed by atoms with Gasteiger partial charge < -0.3 is 20.3 Å². The topological polar surface area (TPSA) is 70.7 Å². The first-order chi connectivity index (χ1) is 12.5. The van der Waals surface area contributed by atoms with Gasteiger partial charge in [0.15, 0.2) is 0 Å². The van der Waals surface area contributed by atoms with Crippen LogP contribution in [0.2, 0.25) is 0 Å². The van der Waals surface area contributed by atoms with Crippen LogP contribution in [-0.4, -0.2) is 31.6 Å². The number of anilines is 2. The van der Waals surface area contributed by atoms with E-state index in [1.807, 2.05) is 56.3 Å². The van der Waals surface area contributed by atoms with Gasteiger partial charge in [-0.15, -0.1) is 0 Å². The second kappa shape index (κ2) is 7.47. The highest BCUT2D eigenvalue weighted by Gasteiger charge is 2.31. The molecule has 2 N–H and O–H groups in total. The average molecular weight is 353 g/mol. The van der Waals surface area contributed by atoms with Crippen LogP contribution < -0.4 is 20.3 Å². The molecule has 0 radical (unpaired) electrons. The number of nitrogens with zero attached hydrogens (tertiary/aromatic N) is 1. The van der Waals surface area contributed by atoms with Crippen molar-refractivity contribution in [3.8, 4) is 5.75 Å². The zero-order valence-corrected chi connectivity index (χ0v) is 15.2. The van der Waals surface area contributed by atoms with Crippen molar-refractivity contribution in [1.29, 1.82) is 0 Å². The number of urea groups is 1. The second-order valence-corrected chi connectivity index (χ2v) is 6.52. The van der Waals surface area contributed by atoms with Gasteiger partial charge in [0.05, 0.1) is 13.2 Å². The molecule has 0 aliphatic carbocycles. The van der Waals surface area contributed by atoms with Crippen LogP contribution in [0.4, 0.5) is 16.2 Å². The van der Waals surface area contributed by atoms with Gasteiger partial charge in [0.1, 0.15) is 5.75 Å². The Bertz CT molecular complexity index is 835. The Hall–Kier alpha value is -3.02. The van der Waals surface area contributed by atoms with Crippen molar-refractivity contribution >= 4 is 23.3 Å². The van der Waals surface area contributed by atoms with Crippen molar-refractivity contribution in [2.75, 3.05) is 23.9 Å². The van der Waals surface area contributed by atoms with Gasteiger partial charge >= 0.3 is 6.03 Å². The number of hydrogen-bond donors (Lipinski definition) is 2. The fraction of sp³-hybridized carbons (Fsp3) is 0.300. The highest BCUT2D eigenvalue weighted by molar-refractivity contribution is 5.98. The molecule has 26 heavy (non-hydrogen) atoms. The number of aryl methyl sites for hydroxylation is 2. The maximum atomic E-state index is 12.3. The number of ether oxygens (including phenoxy) is 1. The zero-order valence-electron chi connectivity index (χ0n) is 15.2. The summed E-state index contributed by atoms with van der Waals surface area (Å²) in [6.45, 7) is 4.36. The molecule has 0 bridgehead atoms. The van der Waals surface area contributed by atoms with E-state index in [2.05, 4.69) is 10.6 Å². The molecule has 1 aliphatic heterocycles. The molecule has 1 heterocycles. The first kappa shape index (κ1) is 17.8. The van der Waals surface area contributed by atoms with Crippen molar-refractivity contribution in [1.82, 2.24) is 5.32 Å². The van der Waals surface area contributed by atoms with E-state index in [1.54, 1.807) is 12.0 Å². The largest absolute Gasteiger partial charge is 0.497 e. The summed E-state index contributed by atoms with van der Waals surface area (Å²) >= 11 is 0. The summed E-state index contributed by atoms with van der Waals surface area (Å²) in [6.07, 6.45) is 0.275. The molecule has 3 rings (SSSR count). The second-order valence-electron chi connectivity index (χ2n) is 6.52. The van der Waals surface area contributed by atoms with Gasteiger partial charge in [0.25, 0.3) is 0 Å². The molecule has 0 spiro atoms. The molecule has 0 unspecified atom stereocenters. The minimum absolute atomic E-state index is 0.0183. The predicted molar refractivity (Wildman–Crippen MR) is 102 cm³/mol. The summed E-state index contributed by atoms with van der Waals surface area (Å²) in [7, 11) is 1.59. The molecule has 2 aromatic rings. The Labute approximate surface area is 153 Å². The molecule has 1 saturated heterocycles. The van der Waals surface area contributed by atoms with Crippen LogP contribution >= 0.6 is 0 Å². The fourth-order valence-electron chi connectivity index (χ4n) is 3.05. The van der Waals surface area contributed by atoms with Crippen molar-refractivity contribution in [3.05, 3.63) is 53.6 Å².